The number of nitrogens with zero attached hydrogens (tertiary/aromatic N) is 5. The molecule has 0 aliphatic heterocycles. The Balaban J connectivity index is 1.14. The number of fused-ring (bicyclic) bond motifs is 9. The van der Waals surface area contributed by atoms with Gasteiger partial charge in [0.15, 0.2) is 11.6 Å². The smallest absolute Gasteiger partial charge is 0.238 e. The second kappa shape index (κ2) is 14.5. The van der Waals surface area contributed by atoms with Crippen LogP contribution in [-0.2, 0) is 0 Å². The first-order valence-corrected chi connectivity index (χ1v) is 21.7. The van der Waals surface area contributed by atoms with E-state index in [-0.39, 0.29) is 0 Å². The van der Waals surface area contributed by atoms with Crippen LogP contribution < -0.4 is 0 Å². The van der Waals surface area contributed by atoms with Gasteiger partial charge in [-0.15, -0.1) is 0 Å². The highest BCUT2D eigenvalue weighted by Gasteiger charge is 2.21. The molecule has 0 saturated heterocycles. The first-order chi connectivity index (χ1) is 31.7. The van der Waals surface area contributed by atoms with Crippen LogP contribution in [0.4, 0.5) is 0 Å². The van der Waals surface area contributed by atoms with Crippen molar-refractivity contribution in [2.75, 3.05) is 0 Å². The van der Waals surface area contributed by atoms with Crippen molar-refractivity contribution in [2.45, 2.75) is 0 Å². The summed E-state index contributed by atoms with van der Waals surface area (Å²) in [7, 11) is 0. The van der Waals surface area contributed by atoms with Gasteiger partial charge in [-0.05, 0) is 92.3 Å². The SMILES string of the molecule is c1ccc(-c2ccc3c4ccccc4n(-c4cc(-c5nc(-c6ccccc6)nc(-n6c7ccccc7c7ccccc76)n5)cc(-c5cc6ccccc6c6ccccc56)c4)c3c2)cc1. The quantitative estimate of drug-likeness (QED) is 0.157. The number of para-hydroxylation sites is 3. The van der Waals surface area contributed by atoms with Crippen molar-refractivity contribution in [2.24, 2.45) is 0 Å². The van der Waals surface area contributed by atoms with E-state index in [0.717, 1.165) is 66.3 Å². The van der Waals surface area contributed by atoms with Gasteiger partial charge in [-0.2, -0.15) is 9.97 Å². The van der Waals surface area contributed by atoms with E-state index in [4.69, 9.17) is 15.0 Å². The van der Waals surface area contributed by atoms with E-state index in [1.165, 1.54) is 37.9 Å². The van der Waals surface area contributed by atoms with Gasteiger partial charge in [0.05, 0.1) is 22.1 Å². The standard InChI is InChI=1S/C59H37N5/c1-3-17-38(18-4-1)40-31-32-51-50-27-11-14-28-53(50)63(56(51)37-40)44-34-42(52-36-41-21-7-8-22-45(41)46-23-9-10-24-47(46)52)33-43(35-44)58-60-57(39-19-5-2-6-20-39)61-59(62-58)64-54-29-15-12-25-48(54)49-26-13-16-30-55(49)64/h1-37H. The van der Waals surface area contributed by atoms with E-state index < -0.39 is 0 Å². The summed E-state index contributed by atoms with van der Waals surface area (Å²) >= 11 is 0. The predicted octanol–water partition coefficient (Wildman–Crippen LogP) is 15.0. The van der Waals surface area contributed by atoms with Crippen LogP contribution in [0.2, 0.25) is 0 Å². The van der Waals surface area contributed by atoms with Crippen LogP contribution in [-0.4, -0.2) is 24.1 Å². The molecule has 0 amide bonds. The Morgan fingerprint density at radius 1 is 0.266 bits per heavy atom. The van der Waals surface area contributed by atoms with Gasteiger partial charge in [0, 0.05) is 38.4 Å². The van der Waals surface area contributed by atoms with E-state index in [1.807, 2.05) is 18.2 Å². The minimum absolute atomic E-state index is 0.564. The largest absolute Gasteiger partial charge is 0.309 e. The van der Waals surface area contributed by atoms with Gasteiger partial charge < -0.3 is 4.57 Å². The maximum Gasteiger partial charge on any atom is 0.238 e. The minimum atomic E-state index is 0.564. The maximum absolute atomic E-state index is 5.45. The molecule has 0 spiro atoms. The fourth-order valence-corrected chi connectivity index (χ4v) is 9.83. The van der Waals surface area contributed by atoms with Crippen LogP contribution in [0.1, 0.15) is 0 Å². The fraction of sp³-hybridized carbons (Fsp3) is 0. The zero-order valence-electron chi connectivity index (χ0n) is 34.6. The Morgan fingerprint density at radius 3 is 1.44 bits per heavy atom. The summed E-state index contributed by atoms with van der Waals surface area (Å²) in [4.78, 5) is 16.1. The van der Waals surface area contributed by atoms with Crippen molar-refractivity contribution in [1.29, 1.82) is 0 Å². The molecule has 5 heteroatoms. The molecule has 3 aromatic heterocycles. The molecule has 0 saturated carbocycles. The Bertz CT molecular complexity index is 3900. The lowest BCUT2D eigenvalue weighted by Crippen LogP contribution is -2.07. The maximum atomic E-state index is 5.45. The summed E-state index contributed by atoms with van der Waals surface area (Å²) in [6, 6.07) is 80.1. The number of rotatable bonds is 6. The van der Waals surface area contributed by atoms with Crippen molar-refractivity contribution in [1.82, 2.24) is 24.1 Å². The lowest BCUT2D eigenvalue weighted by atomic mass is 9.92. The molecule has 0 atom stereocenters. The molecule has 13 aromatic rings. The number of hydrogen-bond donors (Lipinski definition) is 0. The summed E-state index contributed by atoms with van der Waals surface area (Å²) in [6.45, 7) is 0. The summed E-state index contributed by atoms with van der Waals surface area (Å²) < 4.78 is 4.60. The summed E-state index contributed by atoms with van der Waals surface area (Å²) in [5.41, 5.74) is 11.7. The van der Waals surface area contributed by atoms with Gasteiger partial charge >= 0.3 is 0 Å². The second-order valence-corrected chi connectivity index (χ2v) is 16.4. The van der Waals surface area contributed by atoms with Crippen LogP contribution in [0.5, 0.6) is 0 Å². The average molecular weight is 816 g/mol. The van der Waals surface area contributed by atoms with Crippen molar-refractivity contribution in [3.8, 4) is 56.7 Å². The Morgan fingerprint density at radius 2 is 0.766 bits per heavy atom. The van der Waals surface area contributed by atoms with Gasteiger partial charge in [0.2, 0.25) is 5.95 Å². The molecular weight excluding hydrogens is 779 g/mol. The highest BCUT2D eigenvalue weighted by Crippen LogP contribution is 2.41. The van der Waals surface area contributed by atoms with Gasteiger partial charge in [0.1, 0.15) is 0 Å². The van der Waals surface area contributed by atoms with Crippen LogP contribution >= 0.6 is 0 Å². The average Bonchev–Trinajstić information content (AvgIpc) is 3.89. The molecule has 0 bridgehead atoms. The molecule has 298 valence electrons. The van der Waals surface area contributed by atoms with E-state index in [1.54, 1.807) is 0 Å². The minimum Gasteiger partial charge on any atom is -0.309 e. The van der Waals surface area contributed by atoms with Gasteiger partial charge in [0.25, 0.3) is 0 Å². The molecule has 64 heavy (non-hydrogen) atoms. The van der Waals surface area contributed by atoms with E-state index in [2.05, 4.69) is 215 Å². The van der Waals surface area contributed by atoms with Crippen molar-refractivity contribution >= 4 is 65.2 Å². The van der Waals surface area contributed by atoms with Gasteiger partial charge in [-0.3, -0.25) is 4.57 Å². The summed E-state index contributed by atoms with van der Waals surface area (Å²) in [6.07, 6.45) is 0. The Labute approximate surface area is 368 Å². The van der Waals surface area contributed by atoms with E-state index in [0.29, 0.717) is 17.6 Å². The Hall–Kier alpha value is -8.67. The normalized spacial score (nSPS) is 11.8. The van der Waals surface area contributed by atoms with Crippen LogP contribution in [0.25, 0.3) is 122 Å². The number of aromatic nitrogens is 5. The van der Waals surface area contributed by atoms with Crippen molar-refractivity contribution in [3.05, 3.63) is 224 Å². The molecule has 0 N–H and O–H groups in total. The lowest BCUT2D eigenvalue weighted by Gasteiger charge is -2.17. The summed E-state index contributed by atoms with van der Waals surface area (Å²) in [5.74, 6) is 1.76. The molecule has 5 nitrogen and oxygen atoms in total. The predicted molar refractivity (Wildman–Crippen MR) is 265 cm³/mol. The molecule has 0 radical (unpaired) electrons. The van der Waals surface area contributed by atoms with Crippen molar-refractivity contribution in [3.63, 3.8) is 0 Å². The topological polar surface area (TPSA) is 48.5 Å². The van der Waals surface area contributed by atoms with Crippen molar-refractivity contribution < 1.29 is 0 Å². The van der Waals surface area contributed by atoms with Gasteiger partial charge in [-0.25, -0.2) is 4.98 Å². The fourth-order valence-electron chi connectivity index (χ4n) is 9.83. The van der Waals surface area contributed by atoms with Crippen LogP contribution in [0.15, 0.2) is 224 Å². The number of hydrogen-bond acceptors (Lipinski definition) is 3. The molecule has 0 fully saturated rings. The molecular formula is C59H37N5. The lowest BCUT2D eigenvalue weighted by molar-refractivity contribution is 0.953. The molecule has 0 aliphatic rings. The van der Waals surface area contributed by atoms with E-state index in [9.17, 15) is 0 Å². The Kier molecular flexibility index (Phi) is 8.15. The molecule has 3 heterocycles. The highest BCUT2D eigenvalue weighted by atomic mass is 15.2. The monoisotopic (exact) mass is 815 g/mol. The number of benzene rings is 10. The third-order valence-electron chi connectivity index (χ3n) is 12.7. The van der Waals surface area contributed by atoms with Crippen LogP contribution in [0, 0.1) is 0 Å². The first-order valence-electron chi connectivity index (χ1n) is 21.7. The highest BCUT2D eigenvalue weighted by molar-refractivity contribution is 6.15. The molecule has 0 unspecified atom stereocenters. The van der Waals surface area contributed by atoms with E-state index >= 15 is 0 Å². The zero-order chi connectivity index (χ0) is 42.1. The van der Waals surface area contributed by atoms with Gasteiger partial charge in [-0.1, -0.05) is 176 Å². The molecule has 10 aromatic carbocycles. The zero-order valence-corrected chi connectivity index (χ0v) is 34.6. The third-order valence-corrected chi connectivity index (χ3v) is 12.7. The third kappa shape index (κ3) is 5.75. The summed E-state index contributed by atoms with van der Waals surface area (Å²) in [5, 5.41) is 9.50. The molecule has 0 aliphatic carbocycles. The second-order valence-electron chi connectivity index (χ2n) is 16.4. The first kappa shape index (κ1) is 36.0. The molecule has 13 rings (SSSR count). The van der Waals surface area contributed by atoms with Crippen LogP contribution in [0.3, 0.4) is 0 Å².